The molecule has 0 aliphatic rings. The Morgan fingerprint density at radius 2 is 2.28 bits per heavy atom. The Morgan fingerprint density at radius 3 is 2.94 bits per heavy atom. The molecule has 1 aromatic heterocycles. The lowest BCUT2D eigenvalue weighted by atomic mass is 10.4. The summed E-state index contributed by atoms with van der Waals surface area (Å²) in [5, 5.41) is 11.0. The maximum atomic E-state index is 11.6. The molecule has 6 heteroatoms. The number of nitrogens with one attached hydrogen (secondary N) is 1. The van der Waals surface area contributed by atoms with E-state index < -0.39 is 5.97 Å². The second kappa shape index (κ2) is 7.48. The van der Waals surface area contributed by atoms with Crippen LogP contribution >= 0.6 is 11.3 Å². The van der Waals surface area contributed by atoms with E-state index in [2.05, 4.69) is 21.9 Å². The van der Waals surface area contributed by atoms with Crippen LogP contribution in [0.15, 0.2) is 12.1 Å². The molecule has 0 saturated carbocycles. The fourth-order valence-corrected chi connectivity index (χ4v) is 1.84. The fourth-order valence-electron chi connectivity index (χ4n) is 1.04. The van der Waals surface area contributed by atoms with Gasteiger partial charge in [0.05, 0.1) is 23.5 Å². The average molecular weight is 267 g/mol. The van der Waals surface area contributed by atoms with Gasteiger partial charge in [-0.15, -0.1) is 11.3 Å². The van der Waals surface area contributed by atoms with Crippen molar-refractivity contribution in [3.63, 3.8) is 0 Å². The Labute approximate surface area is 109 Å². The van der Waals surface area contributed by atoms with Crippen LogP contribution in [0.25, 0.3) is 0 Å². The van der Waals surface area contributed by atoms with Crippen LogP contribution in [0.1, 0.15) is 21.0 Å². The predicted octanol–water partition coefficient (Wildman–Crippen LogP) is 0.385. The summed E-state index contributed by atoms with van der Waals surface area (Å²) in [5.41, 5.74) is 0. The number of esters is 1. The lowest BCUT2D eigenvalue weighted by molar-refractivity contribution is -0.139. The second-order valence-electron chi connectivity index (χ2n) is 3.20. The van der Waals surface area contributed by atoms with E-state index in [1.807, 2.05) is 0 Å². The summed E-state index contributed by atoms with van der Waals surface area (Å²) in [6, 6.07) is 3.36. The molecule has 0 atom stereocenters. The van der Waals surface area contributed by atoms with Gasteiger partial charge in [0, 0.05) is 6.42 Å². The number of hydrogen-bond donors (Lipinski definition) is 2. The first-order valence-electron chi connectivity index (χ1n) is 5.22. The molecule has 0 spiro atoms. The second-order valence-corrected chi connectivity index (χ2v) is 4.28. The van der Waals surface area contributed by atoms with Gasteiger partial charge in [0.25, 0.3) is 5.91 Å². The number of thiophene rings is 1. The van der Waals surface area contributed by atoms with E-state index in [1.165, 1.54) is 18.4 Å². The first kappa shape index (κ1) is 14.2. The van der Waals surface area contributed by atoms with Crippen LogP contribution in [0.2, 0.25) is 0 Å². The van der Waals surface area contributed by atoms with Crippen molar-refractivity contribution in [2.45, 2.75) is 6.42 Å². The number of methoxy groups -OCH3 is 1. The third-order valence-electron chi connectivity index (χ3n) is 1.90. The number of aliphatic hydroxyl groups excluding tert-OH is 1. The summed E-state index contributed by atoms with van der Waals surface area (Å²) in [4.78, 5) is 23.7. The molecule has 1 aromatic rings. The summed E-state index contributed by atoms with van der Waals surface area (Å²) in [7, 11) is 1.26. The van der Waals surface area contributed by atoms with E-state index >= 15 is 0 Å². The molecule has 0 fully saturated rings. The first-order valence-corrected chi connectivity index (χ1v) is 6.03. The standard InChI is InChI=1S/C12H13NO4S/c1-17-11(15)8-13-12(16)10-6-5-9(18-10)4-2-3-7-14/h5-6,14H,3,7-8H2,1H3,(H,13,16). The molecule has 1 heterocycles. The normalized spacial score (nSPS) is 9.22. The van der Waals surface area contributed by atoms with Crippen molar-refractivity contribution in [2.75, 3.05) is 20.3 Å². The smallest absolute Gasteiger partial charge is 0.325 e. The molecule has 0 aromatic carbocycles. The van der Waals surface area contributed by atoms with Crippen molar-refractivity contribution < 1.29 is 19.4 Å². The van der Waals surface area contributed by atoms with Crippen LogP contribution in [0.3, 0.4) is 0 Å². The maximum absolute atomic E-state index is 11.6. The van der Waals surface area contributed by atoms with Gasteiger partial charge >= 0.3 is 5.97 Å². The lowest BCUT2D eigenvalue weighted by Gasteiger charge is -2.00. The number of carbonyl (C=O) groups is 2. The summed E-state index contributed by atoms with van der Waals surface area (Å²) >= 11 is 1.23. The van der Waals surface area contributed by atoms with Gasteiger partial charge in [-0.25, -0.2) is 0 Å². The number of carbonyl (C=O) groups excluding carboxylic acids is 2. The predicted molar refractivity (Wildman–Crippen MR) is 67.2 cm³/mol. The number of ether oxygens (including phenoxy) is 1. The number of rotatable bonds is 4. The molecule has 0 aliphatic carbocycles. The summed E-state index contributed by atoms with van der Waals surface area (Å²) in [6.07, 6.45) is 0.405. The van der Waals surface area contributed by atoms with Gasteiger partial charge in [-0.05, 0) is 12.1 Å². The van der Waals surface area contributed by atoms with Crippen LogP contribution < -0.4 is 5.32 Å². The monoisotopic (exact) mass is 267 g/mol. The molecule has 2 N–H and O–H groups in total. The summed E-state index contributed by atoms with van der Waals surface area (Å²) in [6.45, 7) is -0.135. The average Bonchev–Trinajstić information content (AvgIpc) is 2.84. The molecule has 1 rings (SSSR count). The SMILES string of the molecule is COC(=O)CNC(=O)c1ccc(C#CCCO)s1. The molecule has 96 valence electrons. The van der Waals surface area contributed by atoms with Gasteiger partial charge in [0.2, 0.25) is 0 Å². The van der Waals surface area contributed by atoms with E-state index in [-0.39, 0.29) is 19.1 Å². The van der Waals surface area contributed by atoms with Crippen LogP contribution in [0.5, 0.6) is 0 Å². The minimum Gasteiger partial charge on any atom is -0.468 e. The third-order valence-corrected chi connectivity index (χ3v) is 2.90. The zero-order valence-electron chi connectivity index (χ0n) is 9.86. The highest BCUT2D eigenvalue weighted by molar-refractivity contribution is 7.14. The van der Waals surface area contributed by atoms with Gasteiger partial charge in [0.1, 0.15) is 6.54 Å². The molecule has 0 bridgehead atoms. The maximum Gasteiger partial charge on any atom is 0.325 e. The van der Waals surface area contributed by atoms with E-state index in [9.17, 15) is 9.59 Å². The Bertz CT molecular complexity index is 484. The highest BCUT2D eigenvalue weighted by Gasteiger charge is 2.10. The Balaban J connectivity index is 2.55. The Morgan fingerprint density at radius 1 is 1.50 bits per heavy atom. The van der Waals surface area contributed by atoms with Gasteiger partial charge < -0.3 is 15.2 Å². The van der Waals surface area contributed by atoms with E-state index in [0.717, 1.165) is 4.88 Å². The third kappa shape index (κ3) is 4.57. The molecule has 0 saturated heterocycles. The topological polar surface area (TPSA) is 75.6 Å². The largest absolute Gasteiger partial charge is 0.468 e. The fraction of sp³-hybridized carbons (Fsp3) is 0.333. The van der Waals surface area contributed by atoms with Crippen molar-refractivity contribution in [3.05, 3.63) is 21.9 Å². The van der Waals surface area contributed by atoms with Gasteiger partial charge in [-0.2, -0.15) is 0 Å². The number of amides is 1. The molecule has 0 aliphatic heterocycles. The van der Waals surface area contributed by atoms with Crippen LogP contribution in [0.4, 0.5) is 0 Å². The van der Waals surface area contributed by atoms with E-state index in [0.29, 0.717) is 11.3 Å². The number of aliphatic hydroxyl groups is 1. The minimum absolute atomic E-state index is 0.0187. The van der Waals surface area contributed by atoms with Crippen molar-refractivity contribution in [1.82, 2.24) is 5.32 Å². The first-order chi connectivity index (χ1) is 8.67. The van der Waals surface area contributed by atoms with Gasteiger partial charge in [-0.3, -0.25) is 9.59 Å². The number of hydrogen-bond acceptors (Lipinski definition) is 5. The van der Waals surface area contributed by atoms with Crippen molar-refractivity contribution in [1.29, 1.82) is 0 Å². The Kier molecular flexibility index (Phi) is 5.91. The molecular formula is C12H13NO4S. The zero-order chi connectivity index (χ0) is 13.4. The Hall–Kier alpha value is -1.84. The minimum atomic E-state index is -0.497. The van der Waals surface area contributed by atoms with E-state index in [1.54, 1.807) is 12.1 Å². The zero-order valence-corrected chi connectivity index (χ0v) is 10.7. The van der Waals surface area contributed by atoms with Crippen molar-refractivity contribution in [2.24, 2.45) is 0 Å². The van der Waals surface area contributed by atoms with Gasteiger partial charge in [-0.1, -0.05) is 11.8 Å². The van der Waals surface area contributed by atoms with Crippen molar-refractivity contribution >= 4 is 23.2 Å². The summed E-state index contributed by atoms with van der Waals surface area (Å²) < 4.78 is 4.41. The molecule has 0 radical (unpaired) electrons. The molecule has 0 unspecified atom stereocenters. The van der Waals surface area contributed by atoms with Crippen LogP contribution in [-0.4, -0.2) is 37.2 Å². The van der Waals surface area contributed by atoms with Crippen molar-refractivity contribution in [3.8, 4) is 11.8 Å². The molecule has 5 nitrogen and oxygen atoms in total. The highest BCUT2D eigenvalue weighted by Crippen LogP contribution is 2.15. The van der Waals surface area contributed by atoms with Gasteiger partial charge in [0.15, 0.2) is 0 Å². The van der Waals surface area contributed by atoms with E-state index in [4.69, 9.17) is 5.11 Å². The molecule has 1 amide bonds. The van der Waals surface area contributed by atoms with Crippen LogP contribution in [-0.2, 0) is 9.53 Å². The molecular weight excluding hydrogens is 254 g/mol. The molecule has 18 heavy (non-hydrogen) atoms. The lowest BCUT2D eigenvalue weighted by Crippen LogP contribution is -2.29. The highest BCUT2D eigenvalue weighted by atomic mass is 32.1. The summed E-state index contributed by atoms with van der Waals surface area (Å²) in [5.74, 6) is 4.77. The quantitative estimate of drug-likeness (QED) is 0.611. The van der Waals surface area contributed by atoms with Crippen LogP contribution in [0, 0.1) is 11.8 Å².